The van der Waals surface area contributed by atoms with Crippen LogP contribution in [0.15, 0.2) is 12.2 Å². The zero-order valence-electron chi connectivity index (χ0n) is 7.42. The minimum atomic E-state index is -0.183. The van der Waals surface area contributed by atoms with Crippen LogP contribution >= 0.6 is 0 Å². The molecule has 1 aliphatic rings. The Kier molecular flexibility index (Phi) is 4.50. The molecule has 0 fully saturated rings. The van der Waals surface area contributed by atoms with Crippen LogP contribution in [0.2, 0.25) is 0 Å². The number of carbonyl (C=O) groups excluding carboxylic acids is 1. The van der Waals surface area contributed by atoms with Gasteiger partial charge in [-0.2, -0.15) is 0 Å². The first-order valence-electron chi connectivity index (χ1n) is 4.73. The van der Waals surface area contributed by atoms with Crippen LogP contribution in [0.25, 0.3) is 0 Å². The average molecular weight is 168 g/mol. The van der Waals surface area contributed by atoms with Gasteiger partial charge in [0.1, 0.15) is 0 Å². The molecule has 0 aromatic carbocycles. The molecule has 68 valence electrons. The van der Waals surface area contributed by atoms with E-state index >= 15 is 0 Å². The fourth-order valence-corrected chi connectivity index (χ4v) is 1.30. The maximum absolute atomic E-state index is 10.9. The van der Waals surface area contributed by atoms with Crippen molar-refractivity contribution in [2.75, 3.05) is 6.61 Å². The number of allylic oxidation sites excluding steroid dienone is 1. The van der Waals surface area contributed by atoms with Crippen molar-refractivity contribution in [1.82, 2.24) is 0 Å². The third kappa shape index (κ3) is 4.16. The van der Waals surface area contributed by atoms with Gasteiger partial charge in [-0.1, -0.05) is 25.3 Å². The van der Waals surface area contributed by atoms with Gasteiger partial charge in [-0.25, -0.2) is 4.79 Å². The van der Waals surface area contributed by atoms with E-state index in [4.69, 9.17) is 4.74 Å². The topological polar surface area (TPSA) is 26.3 Å². The molecule has 0 atom stereocenters. The van der Waals surface area contributed by atoms with Gasteiger partial charge in [0.05, 0.1) is 6.61 Å². The largest absolute Gasteiger partial charge is 0.463 e. The van der Waals surface area contributed by atoms with Gasteiger partial charge in [0, 0.05) is 6.08 Å². The number of hydrogen-bond acceptors (Lipinski definition) is 2. The first-order chi connectivity index (χ1) is 5.89. The van der Waals surface area contributed by atoms with Gasteiger partial charge in [-0.05, 0) is 19.3 Å². The molecule has 0 unspecified atom stereocenters. The van der Waals surface area contributed by atoms with Crippen molar-refractivity contribution in [3.63, 3.8) is 0 Å². The van der Waals surface area contributed by atoms with Crippen LogP contribution in [0, 0.1) is 0 Å². The van der Waals surface area contributed by atoms with Gasteiger partial charge >= 0.3 is 5.97 Å². The molecule has 0 bridgehead atoms. The van der Waals surface area contributed by atoms with Crippen LogP contribution in [0.4, 0.5) is 0 Å². The summed E-state index contributed by atoms with van der Waals surface area (Å²) in [5, 5.41) is 0. The standard InChI is InChI=1S/C10H16O2/c11-10-8-6-4-2-1-3-5-7-9-12-10/h6,8H,1-5,7,9H2. The lowest BCUT2D eigenvalue weighted by Gasteiger charge is -2.00. The summed E-state index contributed by atoms with van der Waals surface area (Å²) in [5.74, 6) is -0.183. The molecular formula is C10H16O2. The molecule has 0 saturated heterocycles. The second-order valence-corrected chi connectivity index (χ2v) is 3.13. The van der Waals surface area contributed by atoms with E-state index in [9.17, 15) is 4.79 Å². The van der Waals surface area contributed by atoms with E-state index in [1.807, 2.05) is 6.08 Å². The first-order valence-corrected chi connectivity index (χ1v) is 4.73. The summed E-state index contributed by atoms with van der Waals surface area (Å²) in [6.45, 7) is 0.586. The summed E-state index contributed by atoms with van der Waals surface area (Å²) >= 11 is 0. The zero-order valence-corrected chi connectivity index (χ0v) is 7.42. The molecule has 12 heavy (non-hydrogen) atoms. The Morgan fingerprint density at radius 3 is 2.75 bits per heavy atom. The number of cyclic esters (lactones) is 1. The molecule has 1 rings (SSSR count). The molecule has 0 saturated carbocycles. The molecule has 0 aliphatic carbocycles. The summed E-state index contributed by atoms with van der Waals surface area (Å²) in [5.41, 5.74) is 0. The number of carbonyl (C=O) groups is 1. The monoisotopic (exact) mass is 168 g/mol. The second-order valence-electron chi connectivity index (χ2n) is 3.13. The summed E-state index contributed by atoms with van der Waals surface area (Å²) in [7, 11) is 0. The van der Waals surface area contributed by atoms with Crippen molar-refractivity contribution in [1.29, 1.82) is 0 Å². The van der Waals surface area contributed by atoms with E-state index in [1.54, 1.807) is 6.08 Å². The molecule has 0 N–H and O–H groups in total. The third-order valence-electron chi connectivity index (χ3n) is 2.01. The van der Waals surface area contributed by atoms with Crippen molar-refractivity contribution in [3.05, 3.63) is 12.2 Å². The normalized spacial score (nSPS) is 21.2. The summed E-state index contributed by atoms with van der Waals surface area (Å²) in [4.78, 5) is 10.9. The van der Waals surface area contributed by atoms with Gasteiger partial charge < -0.3 is 4.74 Å². The Hall–Kier alpha value is -0.790. The number of esters is 1. The van der Waals surface area contributed by atoms with E-state index in [2.05, 4.69) is 0 Å². The van der Waals surface area contributed by atoms with Crippen LogP contribution in [0.3, 0.4) is 0 Å². The van der Waals surface area contributed by atoms with Crippen molar-refractivity contribution in [3.8, 4) is 0 Å². The van der Waals surface area contributed by atoms with Crippen LogP contribution in [-0.2, 0) is 9.53 Å². The van der Waals surface area contributed by atoms with Gasteiger partial charge in [-0.3, -0.25) is 0 Å². The highest BCUT2D eigenvalue weighted by atomic mass is 16.5. The smallest absolute Gasteiger partial charge is 0.330 e. The molecule has 0 aromatic rings. The predicted molar refractivity (Wildman–Crippen MR) is 47.8 cm³/mol. The van der Waals surface area contributed by atoms with Gasteiger partial charge in [-0.15, -0.1) is 0 Å². The van der Waals surface area contributed by atoms with E-state index in [0.717, 1.165) is 12.8 Å². The summed E-state index contributed by atoms with van der Waals surface area (Å²) in [6.07, 6.45) is 10.4. The highest BCUT2D eigenvalue weighted by Crippen LogP contribution is 2.07. The second kappa shape index (κ2) is 5.81. The van der Waals surface area contributed by atoms with Gasteiger partial charge in [0.15, 0.2) is 0 Å². The summed E-state index contributed by atoms with van der Waals surface area (Å²) < 4.78 is 4.95. The Morgan fingerprint density at radius 1 is 1.08 bits per heavy atom. The van der Waals surface area contributed by atoms with Crippen molar-refractivity contribution in [2.45, 2.75) is 38.5 Å². The molecule has 0 amide bonds. The quantitative estimate of drug-likeness (QED) is 0.519. The lowest BCUT2D eigenvalue weighted by molar-refractivity contribution is -0.137. The Morgan fingerprint density at radius 2 is 1.83 bits per heavy atom. The maximum atomic E-state index is 10.9. The summed E-state index contributed by atoms with van der Waals surface area (Å²) in [6, 6.07) is 0. The van der Waals surface area contributed by atoms with Crippen molar-refractivity contribution >= 4 is 5.97 Å². The number of rotatable bonds is 0. The van der Waals surface area contributed by atoms with Crippen LogP contribution in [-0.4, -0.2) is 12.6 Å². The highest BCUT2D eigenvalue weighted by molar-refractivity contribution is 5.81. The van der Waals surface area contributed by atoms with Crippen LogP contribution in [0.1, 0.15) is 38.5 Å². The zero-order chi connectivity index (χ0) is 8.65. The fourth-order valence-electron chi connectivity index (χ4n) is 1.30. The fraction of sp³-hybridized carbons (Fsp3) is 0.700. The Balaban J connectivity index is 2.29. The highest BCUT2D eigenvalue weighted by Gasteiger charge is 1.98. The number of hydrogen-bond donors (Lipinski definition) is 0. The predicted octanol–water partition coefficient (Wildman–Crippen LogP) is 2.44. The van der Waals surface area contributed by atoms with Crippen molar-refractivity contribution < 1.29 is 9.53 Å². The van der Waals surface area contributed by atoms with Crippen LogP contribution < -0.4 is 0 Å². The molecule has 1 heterocycles. The minimum absolute atomic E-state index is 0.183. The lowest BCUT2D eigenvalue weighted by atomic mass is 10.1. The Bertz CT molecular complexity index is 161. The van der Waals surface area contributed by atoms with E-state index in [1.165, 1.54) is 25.7 Å². The third-order valence-corrected chi connectivity index (χ3v) is 2.01. The van der Waals surface area contributed by atoms with Gasteiger partial charge in [0.25, 0.3) is 0 Å². The minimum Gasteiger partial charge on any atom is -0.463 e. The van der Waals surface area contributed by atoms with Crippen molar-refractivity contribution in [2.24, 2.45) is 0 Å². The van der Waals surface area contributed by atoms with E-state index in [-0.39, 0.29) is 5.97 Å². The van der Waals surface area contributed by atoms with E-state index in [0.29, 0.717) is 6.61 Å². The molecule has 2 nitrogen and oxygen atoms in total. The Labute approximate surface area is 73.6 Å². The maximum Gasteiger partial charge on any atom is 0.330 e. The first kappa shape index (κ1) is 9.30. The molecule has 0 spiro atoms. The van der Waals surface area contributed by atoms with E-state index < -0.39 is 0 Å². The van der Waals surface area contributed by atoms with Crippen LogP contribution in [0.5, 0.6) is 0 Å². The molecule has 0 radical (unpaired) electrons. The number of ether oxygens (including phenoxy) is 1. The SMILES string of the molecule is O=C1C=CCCCCCCCO1. The molecule has 1 aliphatic heterocycles. The van der Waals surface area contributed by atoms with Gasteiger partial charge in [0.2, 0.25) is 0 Å². The molecule has 2 heteroatoms. The molecular weight excluding hydrogens is 152 g/mol. The average Bonchev–Trinajstić information content (AvgIpc) is 2.11. The lowest BCUT2D eigenvalue weighted by Crippen LogP contribution is -2.01. The molecule has 0 aromatic heterocycles.